The first-order valence-corrected chi connectivity index (χ1v) is 21.5. The van der Waals surface area contributed by atoms with Crippen LogP contribution in [-0.2, 0) is 48.0 Å². The highest BCUT2D eigenvalue weighted by molar-refractivity contribution is 5.96. The van der Waals surface area contributed by atoms with Crippen LogP contribution in [0.25, 0.3) is 22.2 Å². The van der Waals surface area contributed by atoms with E-state index in [1.54, 1.807) is 18.5 Å². The van der Waals surface area contributed by atoms with Crippen LogP contribution in [0.15, 0.2) is 151 Å². The number of benzene rings is 6. The Morgan fingerprint density at radius 2 is 1.45 bits per heavy atom. The van der Waals surface area contributed by atoms with Crippen molar-refractivity contribution in [3.63, 3.8) is 0 Å². The molecule has 9 rings (SSSR count). The minimum Gasteiger partial charge on any atom is -0.493 e. The van der Waals surface area contributed by atoms with Gasteiger partial charge in [-0.05, 0) is 64.2 Å². The van der Waals surface area contributed by atoms with E-state index in [2.05, 4.69) is 20.4 Å². The van der Waals surface area contributed by atoms with Crippen molar-refractivity contribution in [2.45, 2.75) is 31.4 Å². The SMILES string of the molecule is COc1cc(-c2cc(C(F)(F)F)cc3c2n(C)c(=O)n3CC(=O)Nc2cccc(CN3CCOCC3)c2)cc(F)c1OCc1nncn1C(c1ccccc1)(c1ccccc1)c1ccccc1. The number of carbonyl (C=O) groups excluding carboxylic acids is 1. The van der Waals surface area contributed by atoms with Gasteiger partial charge in [0.15, 0.2) is 23.1 Å². The molecule has 1 amide bonds. The van der Waals surface area contributed by atoms with Gasteiger partial charge in [-0.25, -0.2) is 9.18 Å². The molecule has 1 aliphatic rings. The Bertz CT molecular complexity index is 3000. The average Bonchev–Trinajstić information content (AvgIpc) is 3.90. The molecule has 6 aromatic carbocycles. The summed E-state index contributed by atoms with van der Waals surface area (Å²) in [6.07, 6.45) is -3.29. The maximum atomic E-state index is 16.6. The quantitative estimate of drug-likeness (QED) is 0.0852. The molecule has 0 bridgehead atoms. The lowest BCUT2D eigenvalue weighted by atomic mass is 9.76. The van der Waals surface area contributed by atoms with Gasteiger partial charge in [-0.2, -0.15) is 13.2 Å². The lowest BCUT2D eigenvalue weighted by Gasteiger charge is -2.38. The van der Waals surface area contributed by atoms with Gasteiger partial charge in [0.2, 0.25) is 5.91 Å². The third-order valence-corrected chi connectivity index (χ3v) is 12.0. The number of carbonyl (C=O) groups is 1. The molecule has 0 atom stereocenters. The lowest BCUT2D eigenvalue weighted by Crippen LogP contribution is -2.38. The molecule has 1 saturated heterocycles. The first kappa shape index (κ1) is 44.6. The van der Waals surface area contributed by atoms with E-state index >= 15 is 4.39 Å². The van der Waals surface area contributed by atoms with Crippen LogP contribution in [0.5, 0.6) is 11.5 Å². The Morgan fingerprint density at radius 3 is 2.06 bits per heavy atom. The molecule has 0 radical (unpaired) electrons. The largest absolute Gasteiger partial charge is 0.493 e. The van der Waals surface area contributed by atoms with Gasteiger partial charge in [-0.15, -0.1) is 10.2 Å². The molecule has 1 aliphatic heterocycles. The number of methoxy groups -OCH3 is 1. The summed E-state index contributed by atoms with van der Waals surface area (Å²) in [4.78, 5) is 29.6. The Morgan fingerprint density at radius 1 is 0.806 bits per heavy atom. The van der Waals surface area contributed by atoms with Gasteiger partial charge < -0.3 is 19.5 Å². The number of amides is 1. The topological polar surface area (TPSA) is 118 Å². The van der Waals surface area contributed by atoms with Crippen LogP contribution < -0.4 is 20.5 Å². The Labute approximate surface area is 382 Å². The highest BCUT2D eigenvalue weighted by Gasteiger charge is 2.40. The summed E-state index contributed by atoms with van der Waals surface area (Å²) in [7, 11) is 2.66. The number of hydrogen-bond acceptors (Lipinski definition) is 8. The summed E-state index contributed by atoms with van der Waals surface area (Å²) < 4.78 is 81.8. The number of anilines is 1. The summed E-state index contributed by atoms with van der Waals surface area (Å²) in [6, 6.07) is 40.7. The molecule has 67 heavy (non-hydrogen) atoms. The number of nitrogens with one attached hydrogen (secondary N) is 1. The molecular formula is C51H45F4N7O5. The van der Waals surface area contributed by atoms with Crippen molar-refractivity contribution >= 4 is 22.6 Å². The van der Waals surface area contributed by atoms with Gasteiger partial charge in [0.25, 0.3) is 0 Å². The Hall–Kier alpha value is -7.56. The van der Waals surface area contributed by atoms with Crippen LogP contribution in [0.2, 0.25) is 0 Å². The van der Waals surface area contributed by atoms with Crippen molar-refractivity contribution in [3.8, 4) is 22.6 Å². The minimum atomic E-state index is -4.88. The molecule has 1 fully saturated rings. The number of fused-ring (bicyclic) bond motifs is 1. The number of nitrogens with zero attached hydrogens (tertiary/aromatic N) is 6. The van der Waals surface area contributed by atoms with Crippen LogP contribution in [0.1, 0.15) is 33.6 Å². The van der Waals surface area contributed by atoms with Gasteiger partial charge in [-0.1, -0.05) is 103 Å². The summed E-state index contributed by atoms with van der Waals surface area (Å²) in [5.74, 6) is -1.72. The second kappa shape index (κ2) is 18.7. The predicted molar refractivity (Wildman–Crippen MR) is 244 cm³/mol. The van der Waals surface area contributed by atoms with E-state index in [1.165, 1.54) is 20.2 Å². The standard InChI is InChI=1S/C51H45F4N7O5/c1-59-47-41(28-39(51(53,54)55)29-43(47)61(49(59)64)31-46(63)57-40-20-12-13-34(25-40)30-60-21-23-66-24-22-60)35-26-42(52)48(44(27-35)65-2)67-32-45-58-56-33-62(45)50(36-14-6-3-7-15-36,37-16-8-4-9-17-37)38-18-10-5-11-19-38/h3-20,25-29,33H,21-24,30-32H2,1-2H3,(H,57,63). The molecule has 2 aromatic heterocycles. The van der Waals surface area contributed by atoms with E-state index in [9.17, 15) is 22.8 Å². The maximum Gasteiger partial charge on any atom is 0.416 e. The van der Waals surface area contributed by atoms with E-state index in [0.29, 0.717) is 31.3 Å². The zero-order chi connectivity index (χ0) is 46.7. The molecule has 0 spiro atoms. The third-order valence-electron chi connectivity index (χ3n) is 12.0. The molecule has 0 aliphatic carbocycles. The van der Waals surface area contributed by atoms with Crippen LogP contribution >= 0.6 is 0 Å². The fourth-order valence-corrected chi connectivity index (χ4v) is 8.95. The van der Waals surface area contributed by atoms with Gasteiger partial charge in [0.05, 0.1) is 36.9 Å². The fourth-order valence-electron chi connectivity index (χ4n) is 8.95. The molecule has 1 N–H and O–H groups in total. The number of aryl methyl sites for hydroxylation is 1. The number of aromatic nitrogens is 5. The van der Waals surface area contributed by atoms with Crippen molar-refractivity contribution in [1.82, 2.24) is 28.8 Å². The molecular weight excluding hydrogens is 867 g/mol. The van der Waals surface area contributed by atoms with Crippen LogP contribution in [0.3, 0.4) is 0 Å². The first-order valence-electron chi connectivity index (χ1n) is 21.5. The van der Waals surface area contributed by atoms with E-state index in [4.69, 9.17) is 14.2 Å². The number of morpholine rings is 1. The molecule has 0 unspecified atom stereocenters. The highest BCUT2D eigenvalue weighted by atomic mass is 19.4. The van der Waals surface area contributed by atoms with Gasteiger partial charge in [0.1, 0.15) is 25.0 Å². The normalized spacial score (nSPS) is 13.5. The Balaban J connectivity index is 1.05. The van der Waals surface area contributed by atoms with E-state index in [0.717, 1.165) is 62.7 Å². The first-order chi connectivity index (χ1) is 32.4. The predicted octanol–water partition coefficient (Wildman–Crippen LogP) is 8.66. The molecule has 0 saturated carbocycles. The average molecular weight is 912 g/mol. The number of imidazole rings is 1. The third kappa shape index (κ3) is 8.80. The van der Waals surface area contributed by atoms with Crippen molar-refractivity contribution in [3.05, 3.63) is 196 Å². The minimum absolute atomic E-state index is 0.0356. The molecule has 342 valence electrons. The zero-order valence-electron chi connectivity index (χ0n) is 36.5. The highest BCUT2D eigenvalue weighted by Crippen LogP contribution is 2.43. The zero-order valence-corrected chi connectivity index (χ0v) is 36.5. The van der Waals surface area contributed by atoms with Crippen molar-refractivity contribution in [2.24, 2.45) is 7.05 Å². The lowest BCUT2D eigenvalue weighted by molar-refractivity contribution is -0.137. The monoisotopic (exact) mass is 911 g/mol. The van der Waals surface area contributed by atoms with E-state index in [-0.39, 0.29) is 40.3 Å². The van der Waals surface area contributed by atoms with E-state index in [1.807, 2.05) is 108 Å². The summed E-state index contributed by atoms with van der Waals surface area (Å²) in [6.45, 7) is 2.54. The molecule has 8 aromatic rings. The molecule has 12 nitrogen and oxygen atoms in total. The van der Waals surface area contributed by atoms with Crippen molar-refractivity contribution < 1.29 is 36.6 Å². The maximum absolute atomic E-state index is 16.6. The van der Waals surface area contributed by atoms with Gasteiger partial charge in [0, 0.05) is 37.9 Å². The van der Waals surface area contributed by atoms with Crippen LogP contribution in [0.4, 0.5) is 23.2 Å². The number of alkyl halides is 3. The molecule has 3 heterocycles. The summed E-state index contributed by atoms with van der Waals surface area (Å²) in [5.41, 5.74) is 0.931. The van der Waals surface area contributed by atoms with Crippen molar-refractivity contribution in [2.75, 3.05) is 38.7 Å². The Kier molecular flexibility index (Phi) is 12.5. The van der Waals surface area contributed by atoms with E-state index < -0.39 is 41.2 Å². The van der Waals surface area contributed by atoms with Gasteiger partial charge in [-0.3, -0.25) is 23.4 Å². The smallest absolute Gasteiger partial charge is 0.416 e. The second-order valence-electron chi connectivity index (χ2n) is 16.2. The summed E-state index contributed by atoms with van der Waals surface area (Å²) in [5, 5.41) is 11.5. The van der Waals surface area contributed by atoms with Crippen LogP contribution in [-0.4, -0.2) is 68.1 Å². The van der Waals surface area contributed by atoms with Crippen LogP contribution in [0, 0.1) is 5.82 Å². The fraction of sp³-hybridized carbons (Fsp3) is 0.216. The summed E-state index contributed by atoms with van der Waals surface area (Å²) >= 11 is 0. The van der Waals surface area contributed by atoms with Gasteiger partial charge >= 0.3 is 11.9 Å². The number of halogens is 4. The number of hydrogen-bond donors (Lipinski definition) is 1. The molecule has 16 heteroatoms. The second-order valence-corrected chi connectivity index (χ2v) is 16.2. The van der Waals surface area contributed by atoms with Crippen molar-refractivity contribution in [1.29, 1.82) is 0 Å². The number of rotatable bonds is 14. The number of ether oxygens (including phenoxy) is 3.